The van der Waals surface area contributed by atoms with Crippen LogP contribution in [0.4, 0.5) is 0 Å². The van der Waals surface area contributed by atoms with Crippen molar-refractivity contribution in [2.24, 2.45) is 4.99 Å². The van der Waals surface area contributed by atoms with Gasteiger partial charge in [0.05, 0.1) is 12.8 Å². The average Bonchev–Trinajstić information content (AvgIpc) is 2.98. The molecule has 0 bridgehead atoms. The summed E-state index contributed by atoms with van der Waals surface area (Å²) < 4.78 is 6.98. The molecule has 1 N–H and O–H groups in total. The van der Waals surface area contributed by atoms with Crippen LogP contribution in [0.25, 0.3) is 5.69 Å². The van der Waals surface area contributed by atoms with E-state index in [2.05, 4.69) is 15.4 Å². The molecule has 0 atom stereocenters. The summed E-state index contributed by atoms with van der Waals surface area (Å²) in [6.07, 6.45) is 1.04. The molecule has 2 aromatic rings. The molecule has 8 heteroatoms. The van der Waals surface area contributed by atoms with E-state index in [0.29, 0.717) is 17.5 Å². The zero-order valence-corrected chi connectivity index (χ0v) is 14.0. The fraction of sp³-hybridized carbons (Fsp3) is 0.333. The van der Waals surface area contributed by atoms with Crippen molar-refractivity contribution in [1.82, 2.24) is 14.5 Å². The van der Waals surface area contributed by atoms with Gasteiger partial charge in [0.25, 0.3) is 5.91 Å². The molecule has 0 radical (unpaired) electrons. The number of methoxy groups -OCH3 is 1. The van der Waals surface area contributed by atoms with Crippen molar-refractivity contribution in [1.29, 1.82) is 0 Å². The van der Waals surface area contributed by atoms with Gasteiger partial charge in [-0.2, -0.15) is 9.06 Å². The van der Waals surface area contributed by atoms with Gasteiger partial charge in [-0.25, -0.2) is 0 Å². The Balaban J connectivity index is 2.47. The molecule has 0 unspecified atom stereocenters. The molecule has 2 rings (SSSR count). The zero-order chi connectivity index (χ0) is 16.8. The van der Waals surface area contributed by atoms with E-state index >= 15 is 0 Å². The molecule has 0 aliphatic rings. The minimum absolute atomic E-state index is 0.137. The molecular weight excluding hydrogens is 316 g/mol. The van der Waals surface area contributed by atoms with Crippen molar-refractivity contribution in [2.45, 2.75) is 19.8 Å². The number of benzene rings is 1. The van der Waals surface area contributed by atoms with E-state index in [1.807, 2.05) is 19.1 Å². The fourth-order valence-electron chi connectivity index (χ4n) is 1.82. The number of hydrogen-bond donors (Lipinski definition) is 1. The number of ether oxygens (including phenoxy) is 1. The topological polar surface area (TPSA) is 85.6 Å². The first-order valence-electron chi connectivity index (χ1n) is 7.13. The Hall–Kier alpha value is -2.48. The Labute approximate surface area is 137 Å². The second-order valence-corrected chi connectivity index (χ2v) is 5.57. The number of amides is 2. The zero-order valence-electron chi connectivity index (χ0n) is 13.2. The Morgan fingerprint density at radius 3 is 2.61 bits per heavy atom. The molecule has 0 aliphatic heterocycles. The molecule has 0 spiro atoms. The van der Waals surface area contributed by atoms with E-state index in [9.17, 15) is 9.59 Å². The number of hydrogen-bond acceptors (Lipinski definition) is 5. The van der Waals surface area contributed by atoms with Gasteiger partial charge in [-0.1, -0.05) is 6.92 Å². The van der Waals surface area contributed by atoms with E-state index in [-0.39, 0.29) is 17.5 Å². The van der Waals surface area contributed by atoms with Crippen LogP contribution in [-0.4, -0.2) is 35.1 Å². The first kappa shape index (κ1) is 16.9. The van der Waals surface area contributed by atoms with Crippen LogP contribution in [0.3, 0.4) is 0 Å². The summed E-state index contributed by atoms with van der Waals surface area (Å²) in [5, 5.41) is 6.77. The molecule has 7 nitrogen and oxygen atoms in total. The molecule has 23 heavy (non-hydrogen) atoms. The highest BCUT2D eigenvalue weighted by Gasteiger charge is 2.15. The van der Waals surface area contributed by atoms with Gasteiger partial charge in [0.2, 0.25) is 5.91 Å². The average molecular weight is 334 g/mol. The molecule has 2 amide bonds. The maximum atomic E-state index is 11.9. The van der Waals surface area contributed by atoms with Crippen molar-refractivity contribution in [3.8, 4) is 11.4 Å². The van der Waals surface area contributed by atoms with Crippen LogP contribution in [0, 0.1) is 0 Å². The number of aromatic nitrogens is 2. The Kier molecular flexibility index (Phi) is 5.64. The van der Waals surface area contributed by atoms with E-state index in [1.165, 1.54) is 7.05 Å². The van der Waals surface area contributed by atoms with Gasteiger partial charge in [0.15, 0.2) is 10.4 Å². The predicted molar refractivity (Wildman–Crippen MR) is 86.9 cm³/mol. The minimum atomic E-state index is -0.378. The van der Waals surface area contributed by atoms with Crippen molar-refractivity contribution >= 4 is 23.3 Å². The summed E-state index contributed by atoms with van der Waals surface area (Å²) in [7, 11) is 3.10. The van der Waals surface area contributed by atoms with Gasteiger partial charge in [-0.15, -0.1) is 5.10 Å². The molecule has 122 valence electrons. The first-order valence-corrected chi connectivity index (χ1v) is 7.91. The van der Waals surface area contributed by atoms with Gasteiger partial charge in [-0.05, 0) is 42.2 Å². The van der Waals surface area contributed by atoms with Crippen molar-refractivity contribution < 1.29 is 14.3 Å². The van der Waals surface area contributed by atoms with Crippen LogP contribution < -0.4 is 14.7 Å². The number of carbonyl (C=O) groups is 2. The molecule has 0 saturated carbocycles. The molecule has 0 fully saturated rings. The van der Waals surface area contributed by atoms with E-state index < -0.39 is 0 Å². The summed E-state index contributed by atoms with van der Waals surface area (Å²) in [6.45, 7) is 1.90. The molecule has 1 heterocycles. The molecular formula is C15H18N4O3S. The quantitative estimate of drug-likeness (QED) is 0.898. The maximum Gasteiger partial charge on any atom is 0.274 e. The predicted octanol–water partition coefficient (Wildman–Crippen LogP) is 1.53. The summed E-state index contributed by atoms with van der Waals surface area (Å²) in [6, 6.07) is 7.21. The highest BCUT2D eigenvalue weighted by Crippen LogP contribution is 2.15. The van der Waals surface area contributed by atoms with Crippen LogP contribution in [0.1, 0.15) is 30.3 Å². The Morgan fingerprint density at radius 1 is 1.35 bits per heavy atom. The molecule has 0 saturated heterocycles. The van der Waals surface area contributed by atoms with E-state index in [4.69, 9.17) is 4.74 Å². The van der Waals surface area contributed by atoms with E-state index in [1.54, 1.807) is 23.3 Å². The van der Waals surface area contributed by atoms with Crippen LogP contribution in [0.15, 0.2) is 29.3 Å². The summed E-state index contributed by atoms with van der Waals surface area (Å²) in [5.74, 6) is 0.0835. The minimum Gasteiger partial charge on any atom is -0.497 e. The van der Waals surface area contributed by atoms with E-state index in [0.717, 1.165) is 23.0 Å². The van der Waals surface area contributed by atoms with Crippen LogP contribution in [0.5, 0.6) is 5.75 Å². The fourth-order valence-corrected chi connectivity index (χ4v) is 2.69. The maximum absolute atomic E-state index is 11.9. The highest BCUT2D eigenvalue weighted by molar-refractivity contribution is 7.04. The van der Waals surface area contributed by atoms with Gasteiger partial charge in [0, 0.05) is 13.5 Å². The monoisotopic (exact) mass is 334 g/mol. The van der Waals surface area contributed by atoms with Crippen LogP contribution >= 0.6 is 11.5 Å². The third-order valence-electron chi connectivity index (χ3n) is 2.99. The standard InChI is InChI=1S/C15H18N4O3S/c1-4-5-12(20)17-15-13(14(21)16-2)18-19(23-15)10-6-8-11(22-3)9-7-10/h6-9H,4-5H2,1-3H3,(H,16,21). The van der Waals surface area contributed by atoms with Crippen LogP contribution in [0.2, 0.25) is 0 Å². The Bertz CT molecular complexity index is 762. The summed E-state index contributed by atoms with van der Waals surface area (Å²) in [4.78, 5) is 27.7. The summed E-state index contributed by atoms with van der Waals surface area (Å²) in [5.41, 5.74) is 0.892. The lowest BCUT2D eigenvalue weighted by Crippen LogP contribution is -2.24. The van der Waals surface area contributed by atoms with Gasteiger partial charge in [-0.3, -0.25) is 9.59 Å². The number of carbonyl (C=O) groups excluding carboxylic acids is 2. The van der Waals surface area contributed by atoms with Gasteiger partial charge in [0.1, 0.15) is 5.75 Å². The molecule has 1 aromatic carbocycles. The SMILES string of the molecule is CCCC(=O)N=c1sn(-c2ccc(OC)cc2)nc1C(=O)NC. The number of nitrogens with one attached hydrogen (secondary N) is 1. The normalized spacial score (nSPS) is 11.3. The number of rotatable bonds is 5. The first-order chi connectivity index (χ1) is 11.1. The van der Waals surface area contributed by atoms with Crippen molar-refractivity contribution in [2.75, 3.05) is 14.2 Å². The van der Waals surface area contributed by atoms with Gasteiger partial charge >= 0.3 is 0 Å². The molecule has 1 aromatic heterocycles. The Morgan fingerprint density at radius 2 is 2.04 bits per heavy atom. The summed E-state index contributed by atoms with van der Waals surface area (Å²) >= 11 is 1.14. The lowest BCUT2D eigenvalue weighted by atomic mass is 10.3. The molecule has 0 aliphatic carbocycles. The second-order valence-electron chi connectivity index (χ2n) is 4.65. The smallest absolute Gasteiger partial charge is 0.274 e. The third-order valence-corrected chi connectivity index (χ3v) is 3.91. The van der Waals surface area contributed by atoms with Crippen molar-refractivity contribution in [3.63, 3.8) is 0 Å². The third kappa shape index (κ3) is 4.04. The highest BCUT2D eigenvalue weighted by atomic mass is 32.1. The number of nitrogens with zero attached hydrogens (tertiary/aromatic N) is 3. The lowest BCUT2D eigenvalue weighted by Gasteiger charge is -2.01. The van der Waals surface area contributed by atoms with Crippen LogP contribution in [-0.2, 0) is 4.79 Å². The van der Waals surface area contributed by atoms with Crippen molar-refractivity contribution in [3.05, 3.63) is 34.6 Å². The lowest BCUT2D eigenvalue weighted by molar-refractivity contribution is -0.118. The second kappa shape index (κ2) is 7.68. The largest absolute Gasteiger partial charge is 0.497 e. The van der Waals surface area contributed by atoms with Gasteiger partial charge < -0.3 is 10.1 Å².